The number of carbonyl (C=O) groups is 1. The Balaban J connectivity index is 2.62. The highest BCUT2D eigenvalue weighted by molar-refractivity contribution is 14.1. The molecule has 0 saturated carbocycles. The number of hydrogen-bond donors (Lipinski definition) is 0. The highest BCUT2D eigenvalue weighted by Crippen LogP contribution is 2.28. The van der Waals surface area contributed by atoms with Crippen molar-refractivity contribution in [1.29, 1.82) is 0 Å². The minimum absolute atomic E-state index is 0.0498. The molecule has 0 N–H and O–H groups in total. The summed E-state index contributed by atoms with van der Waals surface area (Å²) in [5.74, 6) is 0.335. The molecule has 1 atom stereocenters. The van der Waals surface area contributed by atoms with Crippen LogP contribution in [-0.2, 0) is 4.79 Å². The van der Waals surface area contributed by atoms with Crippen LogP contribution in [0.25, 0.3) is 0 Å². The maximum Gasteiger partial charge on any atom is 0.223 e. The summed E-state index contributed by atoms with van der Waals surface area (Å²) in [6, 6.07) is 0. The third-order valence-corrected chi connectivity index (χ3v) is 3.03. The van der Waals surface area contributed by atoms with Crippen LogP contribution in [0.3, 0.4) is 0 Å². The third-order valence-electron chi connectivity index (χ3n) is 2.58. The van der Waals surface area contributed by atoms with Gasteiger partial charge in [0.05, 0.1) is 0 Å². The molecule has 1 unspecified atom stereocenters. The molecule has 1 heterocycles. The summed E-state index contributed by atoms with van der Waals surface area (Å²) < 4.78 is 0.626. The van der Waals surface area contributed by atoms with Gasteiger partial charge in [0.1, 0.15) is 0 Å². The Morgan fingerprint density at radius 2 is 2.23 bits per heavy atom. The van der Waals surface area contributed by atoms with Crippen molar-refractivity contribution < 1.29 is 4.79 Å². The maximum absolute atomic E-state index is 11.5. The van der Waals surface area contributed by atoms with Gasteiger partial charge in [0.15, 0.2) is 0 Å². The van der Waals surface area contributed by atoms with Gasteiger partial charge in [-0.3, -0.25) is 4.79 Å². The quantitative estimate of drug-likeness (QED) is 0.579. The van der Waals surface area contributed by atoms with Crippen molar-refractivity contribution in [3.63, 3.8) is 0 Å². The molecule has 0 aromatic rings. The van der Waals surface area contributed by atoms with E-state index in [2.05, 4.69) is 43.4 Å². The van der Waals surface area contributed by atoms with Gasteiger partial charge in [-0.25, -0.2) is 0 Å². The topological polar surface area (TPSA) is 20.3 Å². The average Bonchev–Trinajstić information content (AvgIpc) is 2.32. The summed E-state index contributed by atoms with van der Waals surface area (Å²) in [5.41, 5.74) is 0.0498. The van der Waals surface area contributed by atoms with Crippen LogP contribution in [0.15, 0.2) is 0 Å². The maximum atomic E-state index is 11.5. The summed E-state index contributed by atoms with van der Waals surface area (Å²) in [6.07, 6.45) is 2.87. The van der Waals surface area contributed by atoms with Crippen molar-refractivity contribution >= 4 is 28.5 Å². The fourth-order valence-electron chi connectivity index (χ4n) is 2.09. The molecule has 1 saturated heterocycles. The Kier molecular flexibility index (Phi) is 3.60. The minimum atomic E-state index is 0.0498. The molecule has 0 aromatic carbocycles. The first kappa shape index (κ1) is 11.3. The second-order valence-corrected chi connectivity index (χ2v) is 6.57. The summed E-state index contributed by atoms with van der Waals surface area (Å²) >= 11 is 2.42. The number of amides is 1. The van der Waals surface area contributed by atoms with Crippen molar-refractivity contribution in [1.82, 2.24) is 4.90 Å². The predicted octanol–water partition coefficient (Wildman–Crippen LogP) is 2.60. The molecule has 0 aliphatic carbocycles. The van der Waals surface area contributed by atoms with E-state index in [0.29, 0.717) is 9.83 Å². The molecule has 1 amide bonds. The van der Waals surface area contributed by atoms with E-state index in [4.69, 9.17) is 0 Å². The van der Waals surface area contributed by atoms with Crippen LogP contribution in [0, 0.1) is 0 Å². The van der Waals surface area contributed by atoms with Crippen LogP contribution >= 0.6 is 22.6 Å². The predicted molar refractivity (Wildman–Crippen MR) is 63.1 cm³/mol. The SMILES string of the molecule is CC(I)CC(C)(C)N1CCCC1=O. The number of likely N-dealkylation sites (tertiary alicyclic amines) is 1. The van der Waals surface area contributed by atoms with E-state index in [1.165, 1.54) is 0 Å². The second kappa shape index (κ2) is 4.15. The van der Waals surface area contributed by atoms with Crippen LogP contribution in [0.2, 0.25) is 0 Å². The smallest absolute Gasteiger partial charge is 0.223 e. The first-order valence-electron chi connectivity index (χ1n) is 4.88. The van der Waals surface area contributed by atoms with Crippen LogP contribution in [0.5, 0.6) is 0 Å². The van der Waals surface area contributed by atoms with E-state index in [9.17, 15) is 4.79 Å². The first-order chi connectivity index (χ1) is 5.93. The zero-order chi connectivity index (χ0) is 10.1. The summed E-state index contributed by atoms with van der Waals surface area (Å²) in [5, 5.41) is 0. The fraction of sp³-hybridized carbons (Fsp3) is 0.900. The first-order valence-corrected chi connectivity index (χ1v) is 6.12. The summed E-state index contributed by atoms with van der Waals surface area (Å²) in [7, 11) is 0. The molecule has 0 spiro atoms. The molecule has 1 aliphatic rings. The lowest BCUT2D eigenvalue weighted by Gasteiger charge is -2.36. The summed E-state index contributed by atoms with van der Waals surface area (Å²) in [4.78, 5) is 13.6. The molecule has 76 valence electrons. The number of nitrogens with zero attached hydrogens (tertiary/aromatic N) is 1. The summed E-state index contributed by atoms with van der Waals surface area (Å²) in [6.45, 7) is 7.49. The van der Waals surface area contributed by atoms with Gasteiger partial charge in [-0.2, -0.15) is 0 Å². The number of alkyl halides is 1. The normalized spacial score (nSPS) is 20.9. The van der Waals surface area contributed by atoms with Gasteiger partial charge >= 0.3 is 0 Å². The largest absolute Gasteiger partial charge is 0.338 e. The lowest BCUT2D eigenvalue weighted by molar-refractivity contribution is -0.132. The minimum Gasteiger partial charge on any atom is -0.338 e. The van der Waals surface area contributed by atoms with Crippen LogP contribution in [0.1, 0.15) is 40.0 Å². The van der Waals surface area contributed by atoms with Crippen LogP contribution < -0.4 is 0 Å². The zero-order valence-corrected chi connectivity index (χ0v) is 10.8. The third kappa shape index (κ3) is 2.82. The Bertz CT molecular complexity index is 201. The van der Waals surface area contributed by atoms with Crippen LogP contribution in [0.4, 0.5) is 0 Å². The number of rotatable bonds is 3. The zero-order valence-electron chi connectivity index (χ0n) is 8.64. The molecule has 2 nitrogen and oxygen atoms in total. The number of carbonyl (C=O) groups excluding carboxylic acids is 1. The van der Waals surface area contributed by atoms with Gasteiger partial charge in [-0.1, -0.05) is 29.5 Å². The van der Waals surface area contributed by atoms with Crippen molar-refractivity contribution in [3.8, 4) is 0 Å². The average molecular weight is 295 g/mol. The number of halogens is 1. The van der Waals surface area contributed by atoms with E-state index >= 15 is 0 Å². The lowest BCUT2D eigenvalue weighted by atomic mass is 9.97. The van der Waals surface area contributed by atoms with Crippen molar-refractivity contribution in [2.24, 2.45) is 0 Å². The Morgan fingerprint density at radius 1 is 1.62 bits per heavy atom. The molecule has 1 rings (SSSR count). The van der Waals surface area contributed by atoms with E-state index in [1.54, 1.807) is 0 Å². The Morgan fingerprint density at radius 3 is 2.62 bits per heavy atom. The van der Waals surface area contributed by atoms with Gasteiger partial charge in [-0.05, 0) is 26.7 Å². The van der Waals surface area contributed by atoms with E-state index < -0.39 is 0 Å². The Hall–Kier alpha value is 0.200. The molecular formula is C10H18INO. The highest BCUT2D eigenvalue weighted by atomic mass is 127. The molecule has 0 bridgehead atoms. The van der Waals surface area contributed by atoms with E-state index in [0.717, 1.165) is 25.8 Å². The van der Waals surface area contributed by atoms with Crippen LogP contribution in [-0.4, -0.2) is 26.8 Å². The van der Waals surface area contributed by atoms with Crippen molar-refractivity contribution in [2.75, 3.05) is 6.54 Å². The van der Waals surface area contributed by atoms with Gasteiger partial charge in [0.2, 0.25) is 5.91 Å². The molecule has 3 heteroatoms. The lowest BCUT2D eigenvalue weighted by Crippen LogP contribution is -2.45. The van der Waals surface area contributed by atoms with Gasteiger partial charge < -0.3 is 4.90 Å². The number of hydrogen-bond acceptors (Lipinski definition) is 1. The van der Waals surface area contributed by atoms with E-state index in [1.807, 2.05) is 4.90 Å². The fourth-order valence-corrected chi connectivity index (χ4v) is 3.16. The van der Waals surface area contributed by atoms with Gasteiger partial charge in [-0.15, -0.1) is 0 Å². The van der Waals surface area contributed by atoms with Crippen molar-refractivity contribution in [2.45, 2.75) is 49.5 Å². The standard InChI is InChI=1S/C10H18INO/c1-8(11)7-10(2,3)12-6-4-5-9(12)13/h8H,4-7H2,1-3H3. The molecular weight excluding hydrogens is 277 g/mol. The van der Waals surface area contributed by atoms with E-state index in [-0.39, 0.29) is 5.54 Å². The van der Waals surface area contributed by atoms with Gasteiger partial charge in [0, 0.05) is 22.4 Å². The molecule has 1 aliphatic heterocycles. The molecule has 0 radical (unpaired) electrons. The molecule has 1 fully saturated rings. The second-order valence-electron chi connectivity index (χ2n) is 4.45. The Labute approximate surface area is 94.2 Å². The van der Waals surface area contributed by atoms with Crippen molar-refractivity contribution in [3.05, 3.63) is 0 Å². The van der Waals surface area contributed by atoms with Gasteiger partial charge in [0.25, 0.3) is 0 Å². The molecule has 0 aromatic heterocycles. The monoisotopic (exact) mass is 295 g/mol. The molecule has 13 heavy (non-hydrogen) atoms. The highest BCUT2D eigenvalue weighted by Gasteiger charge is 2.34.